The highest BCUT2D eigenvalue weighted by atomic mass is 32.2. The van der Waals surface area contributed by atoms with Crippen LogP contribution in [0.15, 0.2) is 199 Å². The van der Waals surface area contributed by atoms with E-state index in [0.29, 0.717) is 11.5 Å². The number of esters is 2. The molecule has 7 aromatic carbocycles. The highest BCUT2D eigenvalue weighted by molar-refractivity contribution is 8.17. The molecule has 6 heteroatoms. The molecular formula is C48H42O4S2. The summed E-state index contributed by atoms with van der Waals surface area (Å²) in [7, 11) is -1.62. The molecule has 0 fully saturated rings. The predicted molar refractivity (Wildman–Crippen MR) is 222 cm³/mol. The molecule has 0 heterocycles. The molecule has 7 rings (SSSR count). The Morgan fingerprint density at radius 2 is 0.630 bits per heavy atom. The molecule has 54 heavy (non-hydrogen) atoms. The average Bonchev–Trinajstić information content (AvgIpc) is 3.19. The summed E-state index contributed by atoms with van der Waals surface area (Å²) in [5, 5.41) is 0. The van der Waals surface area contributed by atoms with E-state index in [1.54, 1.807) is 18.2 Å². The maximum Gasteiger partial charge on any atom is 0.343 e. The second-order valence-electron chi connectivity index (χ2n) is 13.2. The van der Waals surface area contributed by atoms with E-state index in [1.807, 2.05) is 52.0 Å². The molecule has 0 spiro atoms. The van der Waals surface area contributed by atoms with E-state index in [9.17, 15) is 9.59 Å². The van der Waals surface area contributed by atoms with Crippen LogP contribution in [0.2, 0.25) is 0 Å². The molecule has 0 aromatic heterocycles. The summed E-state index contributed by atoms with van der Waals surface area (Å²) in [6.07, 6.45) is 0. The van der Waals surface area contributed by atoms with Crippen molar-refractivity contribution >= 4 is 33.7 Å². The Hall–Kier alpha value is -5.82. The minimum Gasteiger partial charge on any atom is -0.422 e. The van der Waals surface area contributed by atoms with Crippen LogP contribution in [0.1, 0.15) is 43.0 Å². The van der Waals surface area contributed by atoms with Gasteiger partial charge in [0.2, 0.25) is 0 Å². The van der Waals surface area contributed by atoms with Crippen molar-refractivity contribution in [2.75, 3.05) is 0 Å². The van der Waals surface area contributed by atoms with Crippen LogP contribution in [0, 0.1) is 27.7 Å². The molecule has 0 atom stereocenters. The van der Waals surface area contributed by atoms with E-state index in [0.717, 1.165) is 22.3 Å². The van der Waals surface area contributed by atoms with Gasteiger partial charge < -0.3 is 9.47 Å². The zero-order valence-corrected chi connectivity index (χ0v) is 32.5. The summed E-state index contributed by atoms with van der Waals surface area (Å²) in [4.78, 5) is 34.5. The van der Waals surface area contributed by atoms with E-state index in [4.69, 9.17) is 9.47 Å². The number of carbonyl (C=O) groups is 2. The maximum atomic E-state index is 13.6. The first-order valence-corrected chi connectivity index (χ1v) is 20.5. The van der Waals surface area contributed by atoms with Gasteiger partial charge in [0.15, 0.2) is 0 Å². The van der Waals surface area contributed by atoms with Crippen LogP contribution in [0.4, 0.5) is 0 Å². The van der Waals surface area contributed by atoms with Crippen LogP contribution in [0.25, 0.3) is 0 Å². The third-order valence-electron chi connectivity index (χ3n) is 9.19. The van der Waals surface area contributed by atoms with Crippen molar-refractivity contribution in [1.82, 2.24) is 0 Å². The van der Waals surface area contributed by atoms with Crippen molar-refractivity contribution in [3.8, 4) is 11.5 Å². The minimum absolute atomic E-state index is 0.267. The van der Waals surface area contributed by atoms with Crippen molar-refractivity contribution in [3.05, 3.63) is 203 Å². The summed E-state index contributed by atoms with van der Waals surface area (Å²) in [6.45, 7) is 7.87. The van der Waals surface area contributed by atoms with Gasteiger partial charge in [0.25, 0.3) is 0 Å². The second kappa shape index (κ2) is 16.5. The van der Waals surface area contributed by atoms with Crippen LogP contribution in [0.3, 0.4) is 0 Å². The largest absolute Gasteiger partial charge is 0.422 e. The number of carbonyl (C=O) groups excluding carboxylic acids is 2. The fraction of sp³-hybridized carbons (Fsp3) is 0.0833. The number of ether oxygens (including phenoxy) is 2. The van der Waals surface area contributed by atoms with Gasteiger partial charge in [0.1, 0.15) is 11.5 Å². The number of rotatable bonds is 10. The standard InChI is InChI=1S/C48H42O4S2/c1-33-28-43(53(39-20-9-5-10-21-39)40-22-11-6-12-23-40)29-34(2)45(33)51-47(49)37-18-17-19-38(32-37)48(50)52-46-35(3)30-44(31-36(46)4)54(41-24-13-7-14-25-41)42-26-15-8-16-27-42/h5-32,53-54H,1-4H3. The van der Waals surface area contributed by atoms with Crippen LogP contribution >= 0.6 is 21.8 Å². The maximum absolute atomic E-state index is 13.6. The van der Waals surface area contributed by atoms with Crippen LogP contribution in [-0.2, 0) is 0 Å². The summed E-state index contributed by atoms with van der Waals surface area (Å²) in [5.74, 6) is -0.0389. The SMILES string of the molecule is Cc1cc([SH](c2ccccc2)c2ccccc2)cc(C)c1OC(=O)c1cccc(C(=O)Oc2c(C)cc([SH](c3ccccc3)c3ccccc3)cc2C)c1. The molecule has 0 aliphatic carbocycles. The Kier molecular flexibility index (Phi) is 11.1. The first kappa shape index (κ1) is 36.5. The van der Waals surface area contributed by atoms with Crippen molar-refractivity contribution in [2.45, 2.75) is 57.1 Å². The molecule has 0 saturated carbocycles. The third kappa shape index (κ3) is 8.05. The highest BCUT2D eigenvalue weighted by Gasteiger charge is 2.21. The molecule has 0 aliphatic rings. The Morgan fingerprint density at radius 1 is 0.352 bits per heavy atom. The van der Waals surface area contributed by atoms with E-state index in [-0.39, 0.29) is 11.1 Å². The van der Waals surface area contributed by atoms with Gasteiger partial charge in [-0.1, -0.05) is 78.9 Å². The summed E-state index contributed by atoms with van der Waals surface area (Å²) >= 11 is 0. The molecule has 0 amide bonds. The summed E-state index contributed by atoms with van der Waals surface area (Å²) in [5.41, 5.74) is 4.00. The minimum atomic E-state index is -0.811. The molecule has 0 saturated heterocycles. The zero-order valence-electron chi connectivity index (χ0n) is 30.7. The topological polar surface area (TPSA) is 52.6 Å². The molecule has 4 nitrogen and oxygen atoms in total. The lowest BCUT2D eigenvalue weighted by molar-refractivity contribution is 0.0732. The lowest BCUT2D eigenvalue weighted by Gasteiger charge is -2.25. The van der Waals surface area contributed by atoms with Crippen molar-refractivity contribution < 1.29 is 19.1 Å². The molecule has 0 unspecified atom stereocenters. The van der Waals surface area contributed by atoms with Crippen molar-refractivity contribution in [3.63, 3.8) is 0 Å². The van der Waals surface area contributed by atoms with Crippen LogP contribution in [-0.4, -0.2) is 11.9 Å². The Bertz CT molecular complexity index is 2120. The monoisotopic (exact) mass is 746 g/mol. The fourth-order valence-electron chi connectivity index (χ4n) is 6.71. The van der Waals surface area contributed by atoms with Gasteiger partial charge in [0, 0.05) is 0 Å². The Morgan fingerprint density at radius 3 is 0.907 bits per heavy atom. The highest BCUT2D eigenvalue weighted by Crippen LogP contribution is 2.53. The van der Waals surface area contributed by atoms with Crippen LogP contribution < -0.4 is 9.47 Å². The van der Waals surface area contributed by atoms with Gasteiger partial charge in [0.05, 0.1) is 11.1 Å². The number of hydrogen-bond acceptors (Lipinski definition) is 4. The third-order valence-corrected chi connectivity index (χ3v) is 14.0. The van der Waals surface area contributed by atoms with Gasteiger partial charge in [-0.15, -0.1) is 0 Å². The number of hydrogen-bond donors (Lipinski definition) is 2. The number of benzene rings is 7. The summed E-state index contributed by atoms with van der Waals surface area (Å²) in [6, 6.07) is 57.0. The smallest absolute Gasteiger partial charge is 0.343 e. The molecule has 0 radical (unpaired) electrons. The Labute approximate surface area is 323 Å². The first-order valence-electron chi connectivity index (χ1n) is 17.8. The van der Waals surface area contributed by atoms with E-state index in [1.165, 1.54) is 35.4 Å². The lowest BCUT2D eigenvalue weighted by atomic mass is 10.1. The fourth-order valence-corrected chi connectivity index (χ4v) is 11.7. The lowest BCUT2D eigenvalue weighted by Crippen LogP contribution is -2.14. The van der Waals surface area contributed by atoms with E-state index < -0.39 is 33.7 Å². The molecule has 0 aliphatic heterocycles. The second-order valence-corrected chi connectivity index (χ2v) is 17.6. The van der Waals surface area contributed by atoms with Gasteiger partial charge in [-0.05, 0) is 170 Å². The number of aryl methyl sites for hydroxylation is 4. The average molecular weight is 747 g/mol. The van der Waals surface area contributed by atoms with E-state index in [2.05, 4.69) is 121 Å². The molecule has 270 valence electrons. The van der Waals surface area contributed by atoms with Gasteiger partial charge in [-0.3, -0.25) is 0 Å². The van der Waals surface area contributed by atoms with Crippen molar-refractivity contribution in [1.29, 1.82) is 0 Å². The molecule has 0 bridgehead atoms. The van der Waals surface area contributed by atoms with Crippen molar-refractivity contribution in [2.24, 2.45) is 0 Å². The normalized spacial score (nSPS) is 11.4. The van der Waals surface area contributed by atoms with Crippen LogP contribution in [0.5, 0.6) is 11.5 Å². The van der Waals surface area contributed by atoms with Gasteiger partial charge in [-0.25, -0.2) is 9.59 Å². The summed E-state index contributed by atoms with van der Waals surface area (Å²) < 4.78 is 12.1. The number of thiol groups is 2. The zero-order chi connectivity index (χ0) is 37.6. The molecule has 0 N–H and O–H groups in total. The first-order chi connectivity index (χ1) is 26.3. The molecular weight excluding hydrogens is 705 g/mol. The predicted octanol–water partition coefficient (Wildman–Crippen LogP) is 12.3. The van der Waals surface area contributed by atoms with E-state index >= 15 is 0 Å². The molecule has 7 aromatic rings. The quantitative estimate of drug-likeness (QED) is 0.0831. The Balaban J connectivity index is 1.10. The van der Waals surface area contributed by atoms with Gasteiger partial charge in [-0.2, -0.15) is 21.8 Å². The van der Waals surface area contributed by atoms with Gasteiger partial charge >= 0.3 is 11.9 Å².